The zero-order valence-electron chi connectivity index (χ0n) is 31.8. The normalized spacial score (nSPS) is 55.0. The number of aldehydes is 1. The third-order valence-corrected chi connectivity index (χ3v) is 18.1. The molecule has 10 heteroatoms. The van der Waals surface area contributed by atoms with Crippen LogP contribution in [0.15, 0.2) is 47.6 Å². The summed E-state index contributed by atoms with van der Waals surface area (Å²) in [4.78, 5) is 27.3. The molecule has 10 nitrogen and oxygen atoms in total. The largest absolute Gasteiger partial charge is 0.450 e. The molecule has 9 aliphatic carbocycles. The Morgan fingerprint density at radius 3 is 2.48 bits per heavy atom. The van der Waals surface area contributed by atoms with Gasteiger partial charge < -0.3 is 45.7 Å². The van der Waals surface area contributed by atoms with E-state index in [0.29, 0.717) is 37.6 Å². The average molecular weight is 745 g/mol. The maximum absolute atomic E-state index is 14.3. The minimum Gasteiger partial charge on any atom is -0.450 e. The summed E-state index contributed by atoms with van der Waals surface area (Å²) in [6, 6.07) is 0. The van der Waals surface area contributed by atoms with Crippen LogP contribution in [0.2, 0.25) is 0 Å². The molecule has 0 aromatic carbocycles. The number of likely N-dealkylation sites (N-methyl/N-ethyl adjacent to an activating group) is 1. The summed E-state index contributed by atoms with van der Waals surface area (Å²) < 4.78 is 5.94. The highest BCUT2D eigenvalue weighted by Gasteiger charge is 2.87. The molecule has 18 unspecified atom stereocenters. The molecule has 7 N–H and O–H groups in total. The van der Waals surface area contributed by atoms with Crippen LogP contribution in [0, 0.1) is 75.9 Å². The summed E-state index contributed by atoms with van der Waals surface area (Å²) in [6.07, 6.45) is 17.6. The number of rotatable bonds is 7. The van der Waals surface area contributed by atoms with E-state index in [-0.39, 0.29) is 36.5 Å². The van der Waals surface area contributed by atoms with Gasteiger partial charge in [0.15, 0.2) is 0 Å². The van der Waals surface area contributed by atoms with Crippen molar-refractivity contribution in [3.63, 3.8) is 0 Å². The van der Waals surface area contributed by atoms with Crippen molar-refractivity contribution in [2.24, 2.45) is 75.9 Å². The summed E-state index contributed by atoms with van der Waals surface area (Å²) in [5, 5.41) is 73.3. The first-order valence-corrected chi connectivity index (χ1v) is 21.2. The quantitative estimate of drug-likeness (QED) is 0.0892. The molecule has 0 aromatic rings. The molecule has 18 atom stereocenters. The van der Waals surface area contributed by atoms with Crippen molar-refractivity contribution in [3.8, 4) is 0 Å². The molecule has 0 bridgehead atoms. The Morgan fingerprint density at radius 1 is 0.926 bits per heavy atom. The van der Waals surface area contributed by atoms with Crippen LogP contribution in [0.3, 0.4) is 0 Å². The maximum atomic E-state index is 14.3. The van der Waals surface area contributed by atoms with Crippen LogP contribution in [0.1, 0.15) is 71.1 Å². The van der Waals surface area contributed by atoms with Gasteiger partial charge in [0.25, 0.3) is 0 Å². The number of allylic oxidation sites excluding steroid dienone is 5. The molecule has 54 heavy (non-hydrogen) atoms. The second-order valence-corrected chi connectivity index (χ2v) is 19.8. The van der Waals surface area contributed by atoms with E-state index < -0.39 is 81.5 Å². The van der Waals surface area contributed by atoms with E-state index in [9.17, 15) is 35.1 Å². The van der Waals surface area contributed by atoms with E-state index in [1.165, 1.54) is 12.8 Å². The van der Waals surface area contributed by atoms with Crippen LogP contribution in [0.4, 0.5) is 0 Å². The minimum atomic E-state index is -2.17. The smallest absolute Gasteiger partial charge is 0.331 e. The fourth-order valence-corrected chi connectivity index (χ4v) is 16.3. The van der Waals surface area contributed by atoms with Gasteiger partial charge in [-0.3, -0.25) is 0 Å². The van der Waals surface area contributed by atoms with Crippen LogP contribution in [0.25, 0.3) is 0 Å². The Morgan fingerprint density at radius 2 is 1.72 bits per heavy atom. The third-order valence-electron chi connectivity index (χ3n) is 18.1. The number of hydrogen-bond acceptors (Lipinski definition) is 10. The fraction of sp³-hybridized carbons (Fsp3) is 0.773. The number of carbonyl (C=O) groups is 2. The Balaban J connectivity index is 1.14. The first kappa shape index (κ1) is 36.2. The zero-order valence-corrected chi connectivity index (χ0v) is 31.8. The lowest BCUT2D eigenvalue weighted by Gasteiger charge is -2.76. The van der Waals surface area contributed by atoms with Gasteiger partial charge in [0.1, 0.15) is 23.6 Å². The number of carbonyl (C=O) groups excluding carboxylic acids is 2. The van der Waals surface area contributed by atoms with E-state index in [2.05, 4.69) is 28.9 Å². The Hall–Kier alpha value is -2.18. The lowest BCUT2D eigenvalue weighted by Crippen LogP contribution is -2.88. The molecule has 10 aliphatic rings. The summed E-state index contributed by atoms with van der Waals surface area (Å²) in [6.45, 7) is 4.01. The number of aliphatic hydroxyl groups excluding tert-OH is 2. The van der Waals surface area contributed by atoms with Crippen molar-refractivity contribution < 1.29 is 39.9 Å². The molecule has 1 aliphatic heterocycles. The van der Waals surface area contributed by atoms with Crippen LogP contribution in [-0.2, 0) is 14.3 Å². The Labute approximate surface area is 318 Å². The summed E-state index contributed by atoms with van der Waals surface area (Å²) in [5.41, 5.74) is -6.62. The first-order valence-electron chi connectivity index (χ1n) is 21.2. The Bertz CT molecular complexity index is 1720. The van der Waals surface area contributed by atoms with Gasteiger partial charge >= 0.3 is 5.97 Å². The monoisotopic (exact) mass is 744 g/mol. The molecule has 0 aromatic heterocycles. The van der Waals surface area contributed by atoms with Crippen LogP contribution < -0.4 is 10.6 Å². The Kier molecular flexibility index (Phi) is 8.15. The van der Waals surface area contributed by atoms with Crippen molar-refractivity contribution >= 4 is 12.3 Å². The molecule has 0 radical (unpaired) electrons. The fourth-order valence-electron chi connectivity index (χ4n) is 16.3. The highest BCUT2D eigenvalue weighted by molar-refractivity contribution is 5.87. The topological polar surface area (TPSA) is 169 Å². The molecular formula is C44H60N2O8. The average Bonchev–Trinajstić information content (AvgIpc) is 3.85. The van der Waals surface area contributed by atoms with Crippen molar-refractivity contribution in [2.45, 2.75) is 106 Å². The van der Waals surface area contributed by atoms with Gasteiger partial charge in [-0.15, -0.1) is 0 Å². The summed E-state index contributed by atoms with van der Waals surface area (Å²) in [5.74, 6) is -3.51. The number of fused-ring (bicyclic) bond motifs is 7. The molecule has 6 fully saturated rings. The van der Waals surface area contributed by atoms with Crippen LogP contribution in [-0.4, -0.2) is 99.6 Å². The minimum absolute atomic E-state index is 0.0782. The zero-order chi connectivity index (χ0) is 37.6. The number of hydrogen-bond donors (Lipinski definition) is 7. The summed E-state index contributed by atoms with van der Waals surface area (Å²) in [7, 11) is 1.89. The van der Waals surface area contributed by atoms with E-state index in [0.717, 1.165) is 49.8 Å². The predicted octanol–water partition coefficient (Wildman–Crippen LogP) is 2.59. The van der Waals surface area contributed by atoms with Gasteiger partial charge in [0.2, 0.25) is 0 Å². The van der Waals surface area contributed by atoms with Gasteiger partial charge in [0.05, 0.1) is 23.2 Å². The van der Waals surface area contributed by atoms with Crippen molar-refractivity contribution in [3.05, 3.63) is 47.6 Å². The maximum Gasteiger partial charge on any atom is 0.331 e. The molecule has 10 rings (SSSR count). The van der Waals surface area contributed by atoms with Crippen molar-refractivity contribution in [1.29, 1.82) is 0 Å². The SMILES string of the molecule is CNCCNCC1=CC2CC3(O)C(C)(CC4C=CC5CC(O)C6CC7C=CCC(C8CCCC8)C7CC7C(O)C3(O)C4C5(C=O)C67O)C2C2=CC(=O)OC12. The van der Waals surface area contributed by atoms with E-state index in [1.54, 1.807) is 6.08 Å². The van der Waals surface area contributed by atoms with Crippen molar-refractivity contribution in [1.82, 2.24) is 10.6 Å². The predicted molar refractivity (Wildman–Crippen MR) is 199 cm³/mol. The number of nitrogens with one attached hydrogen (secondary N) is 2. The molecule has 1 heterocycles. The van der Waals surface area contributed by atoms with Crippen LogP contribution >= 0.6 is 0 Å². The molecule has 0 amide bonds. The molecule has 294 valence electrons. The third kappa shape index (κ3) is 4.22. The molecule has 0 saturated heterocycles. The van der Waals surface area contributed by atoms with Crippen LogP contribution in [0.5, 0.6) is 0 Å². The molecular weight excluding hydrogens is 684 g/mol. The van der Waals surface area contributed by atoms with E-state index in [1.807, 2.05) is 26.1 Å². The highest BCUT2D eigenvalue weighted by Crippen LogP contribution is 2.79. The van der Waals surface area contributed by atoms with Gasteiger partial charge in [-0.05, 0) is 104 Å². The first-order chi connectivity index (χ1) is 25.9. The van der Waals surface area contributed by atoms with E-state index >= 15 is 0 Å². The summed E-state index contributed by atoms with van der Waals surface area (Å²) >= 11 is 0. The number of ether oxygens (including phenoxy) is 1. The molecule has 0 spiro atoms. The highest BCUT2D eigenvalue weighted by atomic mass is 16.5. The van der Waals surface area contributed by atoms with Gasteiger partial charge in [0, 0.05) is 48.9 Å². The second-order valence-electron chi connectivity index (χ2n) is 19.8. The molecule has 6 saturated carbocycles. The lowest BCUT2D eigenvalue weighted by molar-refractivity contribution is -0.388. The standard InChI is InChI=1S/C44H60N2O8/c1-40-19-25-10-11-28-16-34(48)32-15-24-8-5-9-29(23-6-3-4-7-23)30(24)17-33-39(50)44(53,38(25)41(28,22-47)43(32,33)52)42(40,51)20-26-14-27(21-46-13-12-45-2)37-31(36(26)40)18-35(49)54-37/h5,8,10-11,14,18,22-26,28-30,32-34,36-39,45-46,48,50-53H,3-4,6-7,9,12-13,15-17,19-21H2,1-2H3. The van der Waals surface area contributed by atoms with Gasteiger partial charge in [-0.2, -0.15) is 0 Å². The number of aliphatic hydroxyl groups is 5. The van der Waals surface area contributed by atoms with Crippen molar-refractivity contribution in [2.75, 3.05) is 26.7 Å². The van der Waals surface area contributed by atoms with Gasteiger partial charge in [-0.1, -0.05) is 63.0 Å². The number of esters is 1. The van der Waals surface area contributed by atoms with E-state index in [4.69, 9.17) is 4.74 Å². The van der Waals surface area contributed by atoms with Gasteiger partial charge in [-0.25, -0.2) is 4.79 Å². The second kappa shape index (κ2) is 12.2. The lowest BCUT2D eigenvalue weighted by atomic mass is 9.31.